The number of likely N-dealkylation sites (tertiary alicyclic amines) is 1. The lowest BCUT2D eigenvalue weighted by molar-refractivity contribution is 0.0647. The van der Waals surface area contributed by atoms with Crippen LogP contribution in [0.3, 0.4) is 0 Å². The fourth-order valence-electron chi connectivity index (χ4n) is 4.36. The minimum Gasteiger partial charge on any atom is -0.486 e. The normalized spacial score (nSPS) is 16.7. The van der Waals surface area contributed by atoms with Crippen LogP contribution in [0.2, 0.25) is 0 Å². The third-order valence-corrected chi connectivity index (χ3v) is 6.98. The molecule has 0 bridgehead atoms. The molecule has 0 radical (unpaired) electrons. The van der Waals surface area contributed by atoms with Crippen LogP contribution in [0.5, 0.6) is 11.5 Å². The van der Waals surface area contributed by atoms with E-state index in [1.807, 2.05) is 0 Å². The highest BCUT2D eigenvalue weighted by molar-refractivity contribution is 7.90. The number of aromatic nitrogens is 2. The summed E-state index contributed by atoms with van der Waals surface area (Å²) in [5.41, 5.74) is 1.12. The molecule has 10 heteroatoms. The maximum atomic E-state index is 13.2. The highest BCUT2D eigenvalue weighted by atomic mass is 32.2. The monoisotopic (exact) mass is 469 g/mol. The molecule has 1 saturated heterocycles. The Kier molecular flexibility index (Phi) is 5.32. The molecule has 5 rings (SSSR count). The number of nitrogens with zero attached hydrogens (tertiary/aromatic N) is 3. The SMILES string of the molecule is CS(=O)(=O)c1nc(C(=O)N2CCC(C(=O)c3ccc4c(c3)OCCO4)CC2)c2ccccn12. The van der Waals surface area contributed by atoms with E-state index in [4.69, 9.17) is 9.47 Å². The third kappa shape index (κ3) is 3.95. The minimum absolute atomic E-state index is 0.0193. The maximum absolute atomic E-state index is 13.2. The maximum Gasteiger partial charge on any atom is 0.274 e. The summed E-state index contributed by atoms with van der Waals surface area (Å²) in [7, 11) is -3.61. The predicted octanol–water partition coefficient (Wildman–Crippen LogP) is 2.24. The van der Waals surface area contributed by atoms with Gasteiger partial charge in [0, 0.05) is 37.0 Å². The number of sulfone groups is 1. The molecule has 2 aliphatic heterocycles. The summed E-state index contributed by atoms with van der Waals surface area (Å²) in [5, 5.41) is -0.162. The Morgan fingerprint density at radius 2 is 1.76 bits per heavy atom. The van der Waals surface area contributed by atoms with Gasteiger partial charge in [-0.25, -0.2) is 13.4 Å². The average molecular weight is 470 g/mol. The number of amides is 1. The molecule has 2 aliphatic rings. The van der Waals surface area contributed by atoms with Gasteiger partial charge in [-0.3, -0.25) is 14.0 Å². The van der Waals surface area contributed by atoms with Crippen molar-refractivity contribution >= 4 is 27.0 Å². The molecule has 3 aromatic rings. The Labute approximate surface area is 190 Å². The number of carbonyl (C=O) groups excluding carboxylic acids is 2. The van der Waals surface area contributed by atoms with Gasteiger partial charge in [0.1, 0.15) is 13.2 Å². The van der Waals surface area contributed by atoms with E-state index in [9.17, 15) is 18.0 Å². The van der Waals surface area contributed by atoms with E-state index >= 15 is 0 Å². The number of pyridine rings is 1. The van der Waals surface area contributed by atoms with Crippen molar-refractivity contribution in [3.05, 3.63) is 53.9 Å². The number of carbonyl (C=O) groups is 2. The standard InChI is InChI=1S/C23H23N3O6S/c1-33(29,30)23-24-20(17-4-2-3-9-26(17)23)22(28)25-10-7-15(8-11-25)21(27)16-5-6-18-19(14-16)32-13-12-31-18/h2-6,9,14-15H,7-8,10-13H2,1H3. The first-order valence-electron chi connectivity index (χ1n) is 10.7. The Morgan fingerprint density at radius 3 is 2.48 bits per heavy atom. The largest absolute Gasteiger partial charge is 0.486 e. The summed E-state index contributed by atoms with van der Waals surface area (Å²) in [6, 6.07) is 10.3. The van der Waals surface area contributed by atoms with Crippen LogP contribution in [0, 0.1) is 5.92 Å². The molecular weight excluding hydrogens is 446 g/mol. The molecule has 9 nitrogen and oxygen atoms in total. The van der Waals surface area contributed by atoms with Gasteiger partial charge in [-0.15, -0.1) is 0 Å². The number of rotatable bonds is 4. The summed E-state index contributed by atoms with van der Waals surface area (Å²) < 4.78 is 36.8. The first kappa shape index (κ1) is 21.4. The molecule has 0 atom stereocenters. The van der Waals surface area contributed by atoms with Crippen LogP contribution in [0.25, 0.3) is 5.52 Å². The van der Waals surface area contributed by atoms with Gasteiger partial charge in [-0.05, 0) is 43.2 Å². The van der Waals surface area contributed by atoms with Crippen molar-refractivity contribution in [2.24, 2.45) is 5.92 Å². The number of ketones is 1. The van der Waals surface area contributed by atoms with Crippen molar-refractivity contribution in [2.45, 2.75) is 18.0 Å². The molecule has 0 unspecified atom stereocenters. The van der Waals surface area contributed by atoms with E-state index in [0.29, 0.717) is 61.7 Å². The molecule has 0 saturated carbocycles. The topological polar surface area (TPSA) is 107 Å². The van der Waals surface area contributed by atoms with Crippen LogP contribution in [0.4, 0.5) is 0 Å². The summed E-state index contributed by atoms with van der Waals surface area (Å²) in [6.07, 6.45) is 3.68. The fraction of sp³-hybridized carbons (Fsp3) is 0.348. The average Bonchev–Trinajstić information content (AvgIpc) is 3.23. The minimum atomic E-state index is -3.61. The van der Waals surface area contributed by atoms with Gasteiger partial charge < -0.3 is 14.4 Å². The summed E-state index contributed by atoms with van der Waals surface area (Å²) in [5.74, 6) is 0.693. The van der Waals surface area contributed by atoms with E-state index in [1.54, 1.807) is 47.5 Å². The van der Waals surface area contributed by atoms with Crippen LogP contribution in [-0.4, -0.2) is 67.0 Å². The van der Waals surface area contributed by atoms with Crippen molar-refractivity contribution in [3.63, 3.8) is 0 Å². The molecule has 1 amide bonds. The molecule has 0 N–H and O–H groups in total. The van der Waals surface area contributed by atoms with E-state index in [2.05, 4.69) is 4.98 Å². The summed E-state index contributed by atoms with van der Waals surface area (Å²) in [4.78, 5) is 32.0. The molecule has 33 heavy (non-hydrogen) atoms. The molecule has 1 fully saturated rings. The van der Waals surface area contributed by atoms with Crippen molar-refractivity contribution in [3.8, 4) is 11.5 Å². The van der Waals surface area contributed by atoms with E-state index in [-0.39, 0.29) is 28.5 Å². The molecule has 172 valence electrons. The highest BCUT2D eigenvalue weighted by Crippen LogP contribution is 2.33. The van der Waals surface area contributed by atoms with Gasteiger partial charge in [-0.1, -0.05) is 6.07 Å². The number of hydrogen-bond acceptors (Lipinski definition) is 7. The van der Waals surface area contributed by atoms with Crippen molar-refractivity contribution in [1.82, 2.24) is 14.3 Å². The number of benzene rings is 1. The third-order valence-electron chi connectivity index (χ3n) is 6.03. The van der Waals surface area contributed by atoms with Crippen LogP contribution in [0.1, 0.15) is 33.7 Å². The van der Waals surface area contributed by atoms with Gasteiger partial charge in [-0.2, -0.15) is 0 Å². The molecule has 0 spiro atoms. The van der Waals surface area contributed by atoms with E-state index < -0.39 is 9.84 Å². The lowest BCUT2D eigenvalue weighted by Gasteiger charge is -2.31. The van der Waals surface area contributed by atoms with Crippen molar-refractivity contribution in [1.29, 1.82) is 0 Å². The van der Waals surface area contributed by atoms with E-state index in [0.717, 1.165) is 6.26 Å². The Bertz CT molecular complexity index is 1360. The number of Topliss-reactive ketones (excluding diaryl/α,β-unsaturated/α-hetero) is 1. The van der Waals surface area contributed by atoms with Crippen molar-refractivity contribution in [2.75, 3.05) is 32.6 Å². The Morgan fingerprint density at radius 1 is 1.03 bits per heavy atom. The van der Waals surface area contributed by atoms with Crippen LogP contribution in [-0.2, 0) is 9.84 Å². The zero-order valence-electron chi connectivity index (χ0n) is 18.1. The van der Waals surface area contributed by atoms with Crippen molar-refractivity contribution < 1.29 is 27.5 Å². The number of ether oxygens (including phenoxy) is 2. The smallest absolute Gasteiger partial charge is 0.274 e. The number of piperidine rings is 1. The second-order valence-electron chi connectivity index (χ2n) is 8.26. The Hall–Kier alpha value is -3.40. The van der Waals surface area contributed by atoms with Gasteiger partial charge in [0.05, 0.1) is 5.52 Å². The van der Waals surface area contributed by atoms with Gasteiger partial charge >= 0.3 is 0 Å². The van der Waals surface area contributed by atoms with Gasteiger partial charge in [0.25, 0.3) is 5.91 Å². The first-order valence-corrected chi connectivity index (χ1v) is 12.6. The lowest BCUT2D eigenvalue weighted by Crippen LogP contribution is -2.40. The first-order chi connectivity index (χ1) is 15.8. The highest BCUT2D eigenvalue weighted by Gasteiger charge is 2.32. The fourth-order valence-corrected chi connectivity index (χ4v) is 5.13. The van der Waals surface area contributed by atoms with Gasteiger partial charge in [0.15, 0.2) is 23.0 Å². The summed E-state index contributed by atoms with van der Waals surface area (Å²) >= 11 is 0. The summed E-state index contributed by atoms with van der Waals surface area (Å²) in [6.45, 7) is 1.72. The number of hydrogen-bond donors (Lipinski definition) is 0. The predicted molar refractivity (Wildman–Crippen MR) is 119 cm³/mol. The zero-order valence-corrected chi connectivity index (χ0v) is 18.9. The molecule has 0 aliphatic carbocycles. The van der Waals surface area contributed by atoms with Crippen LogP contribution in [0.15, 0.2) is 47.8 Å². The number of fused-ring (bicyclic) bond motifs is 2. The second kappa shape index (κ2) is 8.18. The quantitative estimate of drug-likeness (QED) is 0.540. The van der Waals surface area contributed by atoms with Gasteiger partial charge in [0.2, 0.25) is 15.0 Å². The molecule has 1 aromatic carbocycles. The molecular formula is C23H23N3O6S. The molecule has 2 aromatic heterocycles. The number of imidazole rings is 1. The van der Waals surface area contributed by atoms with Crippen LogP contribution < -0.4 is 9.47 Å². The van der Waals surface area contributed by atoms with Crippen LogP contribution >= 0.6 is 0 Å². The zero-order chi connectivity index (χ0) is 23.2. The van der Waals surface area contributed by atoms with E-state index in [1.165, 1.54) is 4.40 Å². The molecule has 4 heterocycles. The Balaban J connectivity index is 1.32. The second-order valence-corrected chi connectivity index (χ2v) is 10.2. The lowest BCUT2D eigenvalue weighted by atomic mass is 9.88.